The monoisotopic (exact) mass is 238 g/mol. The Kier molecular flexibility index (Phi) is 3.48. The van der Waals surface area contributed by atoms with Gasteiger partial charge >= 0.3 is 0 Å². The molecule has 5 heteroatoms. The van der Waals surface area contributed by atoms with Crippen LogP contribution < -0.4 is 10.5 Å². The Labute approximate surface area is 96.7 Å². The summed E-state index contributed by atoms with van der Waals surface area (Å²) in [6.45, 7) is 0.662. The third-order valence-corrected chi connectivity index (χ3v) is 2.84. The average molecular weight is 238 g/mol. The lowest BCUT2D eigenvalue weighted by atomic mass is 10.2. The third kappa shape index (κ3) is 2.56. The average Bonchev–Trinajstić information content (AvgIpc) is 2.80. The molecule has 0 aliphatic heterocycles. The molecule has 2 aromatic rings. The first-order valence-corrected chi connectivity index (χ1v) is 5.66. The molecular weight excluding hydrogens is 227 g/mol. The first kappa shape index (κ1) is 11.0. The SMILES string of the molecule is NCc1ccc(OCc2cncs2)c(F)c1. The van der Waals surface area contributed by atoms with E-state index in [1.165, 1.54) is 17.4 Å². The number of hydrogen-bond donors (Lipinski definition) is 1. The highest BCUT2D eigenvalue weighted by Crippen LogP contribution is 2.20. The second kappa shape index (κ2) is 5.05. The van der Waals surface area contributed by atoms with Crippen LogP contribution in [-0.4, -0.2) is 4.98 Å². The molecular formula is C11H11FN2OS. The molecule has 0 unspecified atom stereocenters. The van der Waals surface area contributed by atoms with Crippen molar-refractivity contribution in [2.45, 2.75) is 13.2 Å². The zero-order valence-electron chi connectivity index (χ0n) is 8.52. The Bertz CT molecular complexity index is 459. The molecule has 0 bridgehead atoms. The van der Waals surface area contributed by atoms with Crippen LogP contribution in [0.3, 0.4) is 0 Å². The molecule has 0 atom stereocenters. The van der Waals surface area contributed by atoms with Crippen LogP contribution in [0.25, 0.3) is 0 Å². The van der Waals surface area contributed by atoms with Gasteiger partial charge in [0.05, 0.1) is 10.4 Å². The minimum absolute atomic E-state index is 0.241. The smallest absolute Gasteiger partial charge is 0.165 e. The normalized spacial score (nSPS) is 10.4. The first-order valence-electron chi connectivity index (χ1n) is 4.78. The van der Waals surface area contributed by atoms with Gasteiger partial charge in [-0.25, -0.2) is 4.39 Å². The van der Waals surface area contributed by atoms with E-state index in [0.29, 0.717) is 13.2 Å². The lowest BCUT2D eigenvalue weighted by Crippen LogP contribution is -1.99. The van der Waals surface area contributed by atoms with Gasteiger partial charge in [0.2, 0.25) is 0 Å². The fraction of sp³-hybridized carbons (Fsp3) is 0.182. The molecule has 1 heterocycles. The molecule has 0 fully saturated rings. The minimum atomic E-state index is -0.382. The van der Waals surface area contributed by atoms with Gasteiger partial charge in [-0.05, 0) is 17.7 Å². The summed E-state index contributed by atoms with van der Waals surface area (Å²) in [5.74, 6) is -0.141. The lowest BCUT2D eigenvalue weighted by molar-refractivity contribution is 0.293. The molecule has 0 spiro atoms. The maximum Gasteiger partial charge on any atom is 0.165 e. The van der Waals surface area contributed by atoms with Crippen molar-refractivity contribution in [3.05, 3.63) is 46.2 Å². The Balaban J connectivity index is 2.04. The number of benzene rings is 1. The van der Waals surface area contributed by atoms with Crippen LogP contribution in [0.15, 0.2) is 29.9 Å². The maximum atomic E-state index is 13.5. The predicted molar refractivity (Wildman–Crippen MR) is 60.7 cm³/mol. The van der Waals surface area contributed by atoms with E-state index in [2.05, 4.69) is 4.98 Å². The van der Waals surface area contributed by atoms with Crippen molar-refractivity contribution < 1.29 is 9.13 Å². The number of thiazole rings is 1. The molecule has 0 amide bonds. The first-order chi connectivity index (χ1) is 7.79. The molecule has 2 N–H and O–H groups in total. The fourth-order valence-corrected chi connectivity index (χ4v) is 1.76. The lowest BCUT2D eigenvalue weighted by Gasteiger charge is -2.06. The van der Waals surface area contributed by atoms with Crippen LogP contribution in [0.2, 0.25) is 0 Å². The van der Waals surface area contributed by atoms with E-state index in [-0.39, 0.29) is 11.6 Å². The van der Waals surface area contributed by atoms with E-state index in [1.807, 2.05) is 0 Å². The van der Waals surface area contributed by atoms with Gasteiger partial charge in [-0.15, -0.1) is 11.3 Å². The second-order valence-corrected chi connectivity index (χ2v) is 4.20. The molecule has 1 aromatic carbocycles. The number of aromatic nitrogens is 1. The highest BCUT2D eigenvalue weighted by molar-refractivity contribution is 7.09. The molecule has 84 valence electrons. The quantitative estimate of drug-likeness (QED) is 0.889. The van der Waals surface area contributed by atoms with E-state index in [0.717, 1.165) is 10.4 Å². The molecule has 0 radical (unpaired) electrons. The summed E-state index contributed by atoms with van der Waals surface area (Å²) in [6.07, 6.45) is 1.71. The van der Waals surface area contributed by atoms with Crippen molar-refractivity contribution in [2.75, 3.05) is 0 Å². The van der Waals surface area contributed by atoms with Crippen molar-refractivity contribution in [3.63, 3.8) is 0 Å². The van der Waals surface area contributed by atoms with Gasteiger partial charge in [0, 0.05) is 12.7 Å². The molecule has 0 aliphatic carbocycles. The Morgan fingerprint density at radius 1 is 1.44 bits per heavy atom. The third-order valence-electron chi connectivity index (χ3n) is 2.09. The van der Waals surface area contributed by atoms with E-state index < -0.39 is 0 Å². The molecule has 2 rings (SSSR count). The van der Waals surface area contributed by atoms with Crippen molar-refractivity contribution in [1.82, 2.24) is 4.98 Å². The van der Waals surface area contributed by atoms with Gasteiger partial charge in [0.1, 0.15) is 6.61 Å². The zero-order chi connectivity index (χ0) is 11.4. The van der Waals surface area contributed by atoms with Crippen molar-refractivity contribution in [1.29, 1.82) is 0 Å². The Morgan fingerprint density at radius 3 is 2.94 bits per heavy atom. The number of hydrogen-bond acceptors (Lipinski definition) is 4. The number of rotatable bonds is 4. The van der Waals surface area contributed by atoms with E-state index in [1.54, 1.807) is 23.8 Å². The maximum absolute atomic E-state index is 13.5. The van der Waals surface area contributed by atoms with E-state index in [9.17, 15) is 4.39 Å². The van der Waals surface area contributed by atoms with Crippen LogP contribution >= 0.6 is 11.3 Å². The standard InChI is InChI=1S/C11H11FN2OS/c12-10-3-8(4-13)1-2-11(10)15-6-9-5-14-7-16-9/h1-3,5,7H,4,6,13H2. The van der Waals surface area contributed by atoms with Crippen LogP contribution in [0, 0.1) is 5.82 Å². The van der Waals surface area contributed by atoms with E-state index >= 15 is 0 Å². The Hall–Kier alpha value is -1.46. The molecule has 0 aliphatic rings. The van der Waals surface area contributed by atoms with Crippen molar-refractivity contribution >= 4 is 11.3 Å². The van der Waals surface area contributed by atoms with E-state index in [4.69, 9.17) is 10.5 Å². The van der Waals surface area contributed by atoms with Gasteiger partial charge in [-0.1, -0.05) is 6.07 Å². The van der Waals surface area contributed by atoms with Gasteiger partial charge in [0.25, 0.3) is 0 Å². The number of halogens is 1. The van der Waals surface area contributed by atoms with Crippen molar-refractivity contribution in [3.8, 4) is 5.75 Å². The number of nitrogens with two attached hydrogens (primary N) is 1. The van der Waals surface area contributed by atoms with Gasteiger partial charge < -0.3 is 10.5 Å². The van der Waals surface area contributed by atoms with Crippen molar-refractivity contribution in [2.24, 2.45) is 5.73 Å². The summed E-state index contributed by atoms with van der Waals surface area (Å²) in [5, 5.41) is 0. The molecule has 0 saturated carbocycles. The van der Waals surface area contributed by atoms with Crippen LogP contribution in [-0.2, 0) is 13.2 Å². The van der Waals surface area contributed by atoms with Gasteiger partial charge in [-0.2, -0.15) is 0 Å². The molecule has 0 saturated heterocycles. The molecule has 1 aromatic heterocycles. The summed E-state index contributed by atoms with van der Waals surface area (Å²) in [5.41, 5.74) is 7.87. The summed E-state index contributed by atoms with van der Waals surface area (Å²) in [4.78, 5) is 4.87. The minimum Gasteiger partial charge on any atom is -0.485 e. The summed E-state index contributed by atoms with van der Waals surface area (Å²) < 4.78 is 18.8. The summed E-state index contributed by atoms with van der Waals surface area (Å²) in [7, 11) is 0. The van der Waals surface area contributed by atoms with Crippen LogP contribution in [0.5, 0.6) is 5.75 Å². The molecule has 3 nitrogen and oxygen atoms in total. The zero-order valence-corrected chi connectivity index (χ0v) is 9.34. The topological polar surface area (TPSA) is 48.1 Å². The highest BCUT2D eigenvalue weighted by Gasteiger charge is 2.05. The summed E-state index contributed by atoms with van der Waals surface area (Å²) in [6, 6.07) is 4.74. The van der Waals surface area contributed by atoms with Gasteiger partial charge in [-0.3, -0.25) is 4.98 Å². The van der Waals surface area contributed by atoms with Crippen LogP contribution in [0.1, 0.15) is 10.4 Å². The largest absolute Gasteiger partial charge is 0.485 e. The van der Waals surface area contributed by atoms with Crippen LogP contribution in [0.4, 0.5) is 4.39 Å². The Morgan fingerprint density at radius 2 is 2.31 bits per heavy atom. The predicted octanol–water partition coefficient (Wildman–Crippen LogP) is 2.32. The number of nitrogens with zero attached hydrogens (tertiary/aromatic N) is 1. The summed E-state index contributed by atoms with van der Waals surface area (Å²) >= 11 is 1.48. The molecule has 16 heavy (non-hydrogen) atoms. The second-order valence-electron chi connectivity index (χ2n) is 3.23. The fourth-order valence-electron chi connectivity index (χ4n) is 1.25. The number of ether oxygens (including phenoxy) is 1. The highest BCUT2D eigenvalue weighted by atomic mass is 32.1. The van der Waals surface area contributed by atoms with Gasteiger partial charge in [0.15, 0.2) is 11.6 Å².